The van der Waals surface area contributed by atoms with Crippen molar-refractivity contribution in [2.24, 2.45) is 17.8 Å². The molecule has 0 aliphatic heterocycles. The van der Waals surface area contributed by atoms with Gasteiger partial charge in [0.2, 0.25) is 0 Å². The standard InChI is InChI=1S/C23H26F2N4O/c1-5-29(22(30)28(3)4)11-23(2)20-14-9-12(18(14)20)13-10-17(26-27-21(13)23)19-15(24)7-6-8-16(19)25/h6-8,10,12,14,18,20H,5,9,11H2,1-4H3. The van der Waals surface area contributed by atoms with Crippen LogP contribution >= 0.6 is 0 Å². The summed E-state index contributed by atoms with van der Waals surface area (Å²) in [6.45, 7) is 5.34. The van der Waals surface area contributed by atoms with Crippen molar-refractivity contribution >= 4 is 6.03 Å². The Morgan fingerprint density at radius 3 is 2.57 bits per heavy atom. The Bertz CT molecular complexity index is 1020. The maximum absolute atomic E-state index is 14.3. The van der Waals surface area contributed by atoms with Crippen molar-refractivity contribution in [1.29, 1.82) is 0 Å². The van der Waals surface area contributed by atoms with Gasteiger partial charge < -0.3 is 9.80 Å². The minimum atomic E-state index is -0.632. The summed E-state index contributed by atoms with van der Waals surface area (Å²) in [4.78, 5) is 16.1. The zero-order chi connectivity index (χ0) is 21.4. The van der Waals surface area contributed by atoms with Gasteiger partial charge in [0, 0.05) is 32.6 Å². The van der Waals surface area contributed by atoms with Crippen molar-refractivity contribution in [3.8, 4) is 11.3 Å². The average molecular weight is 412 g/mol. The molecule has 0 bridgehead atoms. The largest absolute Gasteiger partial charge is 0.331 e. The first-order chi connectivity index (χ1) is 14.3. The van der Waals surface area contributed by atoms with Crippen molar-refractivity contribution in [1.82, 2.24) is 20.0 Å². The van der Waals surface area contributed by atoms with Crippen LogP contribution in [-0.4, -0.2) is 53.2 Å². The summed E-state index contributed by atoms with van der Waals surface area (Å²) in [6.07, 6.45) is 1.08. The van der Waals surface area contributed by atoms with Crippen LogP contribution in [0.25, 0.3) is 11.3 Å². The molecule has 2 fully saturated rings. The van der Waals surface area contributed by atoms with Gasteiger partial charge in [0.15, 0.2) is 0 Å². The molecule has 0 spiro atoms. The third-order valence-corrected chi connectivity index (χ3v) is 7.49. The predicted molar refractivity (Wildman–Crippen MR) is 109 cm³/mol. The number of amides is 2. The number of aromatic nitrogens is 2. The van der Waals surface area contributed by atoms with E-state index in [1.54, 1.807) is 19.0 Å². The topological polar surface area (TPSA) is 49.3 Å². The van der Waals surface area contributed by atoms with Gasteiger partial charge in [-0.05, 0) is 60.8 Å². The third kappa shape index (κ3) is 2.53. The molecule has 5 nitrogen and oxygen atoms in total. The van der Waals surface area contributed by atoms with E-state index in [4.69, 9.17) is 0 Å². The van der Waals surface area contributed by atoms with Crippen LogP contribution in [0.1, 0.15) is 37.4 Å². The van der Waals surface area contributed by atoms with E-state index in [0.717, 1.165) is 17.7 Å². The van der Waals surface area contributed by atoms with Gasteiger partial charge in [0.05, 0.1) is 17.0 Å². The predicted octanol–water partition coefficient (Wildman–Crippen LogP) is 4.05. The molecular formula is C23H26F2N4O. The molecule has 30 heavy (non-hydrogen) atoms. The molecule has 158 valence electrons. The second-order valence-electron chi connectivity index (χ2n) is 9.35. The smallest absolute Gasteiger partial charge is 0.319 e. The minimum Gasteiger partial charge on any atom is -0.331 e. The van der Waals surface area contributed by atoms with Crippen LogP contribution in [0.15, 0.2) is 24.3 Å². The molecule has 1 aromatic heterocycles. The van der Waals surface area contributed by atoms with Gasteiger partial charge in [0.1, 0.15) is 11.6 Å². The fraction of sp³-hybridized carbons (Fsp3) is 0.522. The molecule has 1 heterocycles. The van der Waals surface area contributed by atoms with Gasteiger partial charge in [0.25, 0.3) is 0 Å². The SMILES string of the molecule is CCN(CC1(C)c2nnc(-c3c(F)cccc3F)cc2C2CC3C2C31)C(=O)N(C)C. The lowest BCUT2D eigenvalue weighted by Gasteiger charge is -2.40. The Hall–Kier alpha value is -2.57. The van der Waals surface area contributed by atoms with Gasteiger partial charge in [-0.25, -0.2) is 13.6 Å². The Kier molecular flexibility index (Phi) is 4.18. The normalized spacial score (nSPS) is 30.1. The number of hydrogen-bond donors (Lipinski definition) is 0. The van der Waals surface area contributed by atoms with E-state index in [9.17, 15) is 13.6 Å². The monoisotopic (exact) mass is 412 g/mol. The summed E-state index contributed by atoms with van der Waals surface area (Å²) in [6, 6.07) is 5.65. The molecule has 5 atom stereocenters. The maximum Gasteiger partial charge on any atom is 0.319 e. The van der Waals surface area contributed by atoms with Crippen LogP contribution in [0.5, 0.6) is 0 Å². The summed E-state index contributed by atoms with van der Waals surface area (Å²) in [5.74, 6) is 0.838. The molecule has 0 radical (unpaired) electrons. The highest BCUT2D eigenvalue weighted by atomic mass is 19.1. The molecule has 2 saturated carbocycles. The molecule has 1 aromatic carbocycles. The number of likely N-dealkylation sites (N-methyl/N-ethyl adjacent to an activating group) is 1. The molecule has 5 unspecified atom stereocenters. The van der Waals surface area contributed by atoms with Crippen LogP contribution in [0.2, 0.25) is 0 Å². The highest BCUT2D eigenvalue weighted by Gasteiger charge is 2.73. The van der Waals surface area contributed by atoms with Gasteiger partial charge in [-0.15, -0.1) is 0 Å². The highest BCUT2D eigenvalue weighted by Crippen LogP contribution is 2.77. The van der Waals surface area contributed by atoms with E-state index < -0.39 is 11.6 Å². The van der Waals surface area contributed by atoms with E-state index in [-0.39, 0.29) is 22.7 Å². The lowest BCUT2D eigenvalue weighted by atomic mass is 9.69. The third-order valence-electron chi connectivity index (χ3n) is 7.49. The molecule has 7 heteroatoms. The number of urea groups is 1. The van der Waals surface area contributed by atoms with Gasteiger partial charge in [-0.3, -0.25) is 0 Å². The van der Waals surface area contributed by atoms with Gasteiger partial charge in [-0.1, -0.05) is 13.0 Å². The molecule has 0 N–H and O–H groups in total. The van der Waals surface area contributed by atoms with Gasteiger partial charge in [-0.2, -0.15) is 10.2 Å². The first-order valence-corrected chi connectivity index (χ1v) is 10.6. The van der Waals surface area contributed by atoms with Crippen molar-refractivity contribution in [2.75, 3.05) is 27.2 Å². The number of rotatable bonds is 4. The molecule has 3 aliphatic rings. The minimum absolute atomic E-state index is 0.0200. The Labute approximate surface area is 175 Å². The summed E-state index contributed by atoms with van der Waals surface area (Å²) < 4.78 is 28.7. The number of fused-ring (bicyclic) bond motifs is 3. The second-order valence-corrected chi connectivity index (χ2v) is 9.35. The van der Waals surface area contributed by atoms with Crippen LogP contribution < -0.4 is 0 Å². The maximum atomic E-state index is 14.3. The quantitative estimate of drug-likeness (QED) is 0.761. The van der Waals surface area contributed by atoms with Crippen LogP contribution in [0.3, 0.4) is 0 Å². The summed E-state index contributed by atoms with van der Waals surface area (Å²) >= 11 is 0. The van der Waals surface area contributed by atoms with E-state index in [0.29, 0.717) is 36.8 Å². The number of halogens is 2. The van der Waals surface area contributed by atoms with Crippen molar-refractivity contribution in [2.45, 2.75) is 31.6 Å². The number of carbonyl (C=O) groups is 1. The number of nitrogens with zero attached hydrogens (tertiary/aromatic N) is 4. The molecule has 0 saturated heterocycles. The average Bonchev–Trinajstić information content (AvgIpc) is 3.32. The fourth-order valence-electron chi connectivity index (χ4n) is 6.07. The number of hydrogen-bond acceptors (Lipinski definition) is 3. The lowest BCUT2D eigenvalue weighted by molar-refractivity contribution is 0.152. The summed E-state index contributed by atoms with van der Waals surface area (Å²) in [5, 5.41) is 8.80. The van der Waals surface area contributed by atoms with Crippen molar-refractivity contribution < 1.29 is 13.6 Å². The molecular weight excluding hydrogens is 386 g/mol. The van der Waals surface area contributed by atoms with Crippen LogP contribution in [0.4, 0.5) is 13.6 Å². The zero-order valence-corrected chi connectivity index (χ0v) is 17.7. The number of carbonyl (C=O) groups excluding carboxylic acids is 1. The fourth-order valence-corrected chi connectivity index (χ4v) is 6.07. The number of benzene rings is 1. The first kappa shape index (κ1) is 19.4. The lowest BCUT2D eigenvalue weighted by Crippen LogP contribution is -2.49. The second kappa shape index (κ2) is 6.46. The van der Waals surface area contributed by atoms with E-state index in [2.05, 4.69) is 17.1 Å². The van der Waals surface area contributed by atoms with Crippen molar-refractivity contribution in [3.05, 3.63) is 47.2 Å². The van der Waals surface area contributed by atoms with Crippen LogP contribution in [-0.2, 0) is 5.41 Å². The molecule has 2 aromatic rings. The molecule has 3 aliphatic carbocycles. The highest BCUT2D eigenvalue weighted by molar-refractivity contribution is 5.74. The van der Waals surface area contributed by atoms with E-state index >= 15 is 0 Å². The molecule has 5 rings (SSSR count). The summed E-state index contributed by atoms with van der Waals surface area (Å²) in [5.41, 5.74) is 1.75. The van der Waals surface area contributed by atoms with Gasteiger partial charge >= 0.3 is 6.03 Å². The van der Waals surface area contributed by atoms with Crippen LogP contribution in [0, 0.1) is 29.4 Å². The first-order valence-electron chi connectivity index (χ1n) is 10.6. The Morgan fingerprint density at radius 1 is 1.23 bits per heavy atom. The Balaban J connectivity index is 1.57. The Morgan fingerprint density at radius 2 is 1.93 bits per heavy atom. The molecule has 2 amide bonds. The van der Waals surface area contributed by atoms with Crippen molar-refractivity contribution in [3.63, 3.8) is 0 Å². The zero-order valence-electron chi connectivity index (χ0n) is 17.7. The van der Waals surface area contributed by atoms with E-state index in [1.807, 2.05) is 17.9 Å². The van der Waals surface area contributed by atoms with E-state index in [1.165, 1.54) is 18.2 Å². The summed E-state index contributed by atoms with van der Waals surface area (Å²) in [7, 11) is 3.52.